The number of aromatic nitrogens is 1. The molecule has 0 fully saturated rings. The second-order valence-corrected chi connectivity index (χ2v) is 8.63. The molecule has 9 heteroatoms. The summed E-state index contributed by atoms with van der Waals surface area (Å²) in [7, 11) is 1.54. The van der Waals surface area contributed by atoms with Crippen LogP contribution in [0.25, 0.3) is 0 Å². The van der Waals surface area contributed by atoms with Gasteiger partial charge < -0.3 is 19.1 Å². The largest absolute Gasteiger partial charge is 0.573 e. The van der Waals surface area contributed by atoms with E-state index in [2.05, 4.69) is 9.72 Å². The smallest absolute Gasteiger partial charge is 0.493 e. The zero-order valence-electron chi connectivity index (χ0n) is 21.2. The van der Waals surface area contributed by atoms with E-state index in [1.807, 2.05) is 60.7 Å². The van der Waals surface area contributed by atoms with Crippen molar-refractivity contribution < 1.29 is 32.2 Å². The first-order chi connectivity index (χ1) is 18.8. The Bertz CT molecular complexity index is 1350. The molecule has 0 bridgehead atoms. The van der Waals surface area contributed by atoms with Crippen molar-refractivity contribution in [2.45, 2.75) is 25.9 Å². The number of carbonyl (C=O) groups is 1. The number of rotatable bonds is 11. The minimum Gasteiger partial charge on any atom is -0.493 e. The predicted octanol–water partition coefficient (Wildman–Crippen LogP) is 6.45. The molecule has 0 aliphatic carbocycles. The van der Waals surface area contributed by atoms with Crippen molar-refractivity contribution in [2.75, 3.05) is 13.7 Å². The Labute approximate surface area is 224 Å². The van der Waals surface area contributed by atoms with Crippen LogP contribution in [0, 0.1) is 0 Å². The lowest BCUT2D eigenvalue weighted by Crippen LogP contribution is -2.32. The van der Waals surface area contributed by atoms with Gasteiger partial charge in [-0.25, -0.2) is 0 Å². The number of methoxy groups -OCH3 is 1. The number of amides is 1. The van der Waals surface area contributed by atoms with Crippen LogP contribution in [0.1, 0.15) is 27.2 Å². The lowest BCUT2D eigenvalue weighted by molar-refractivity contribution is -0.274. The molecule has 0 N–H and O–H groups in total. The third-order valence-corrected chi connectivity index (χ3v) is 5.82. The van der Waals surface area contributed by atoms with E-state index in [1.54, 1.807) is 24.3 Å². The quantitative estimate of drug-likeness (QED) is 0.220. The van der Waals surface area contributed by atoms with Crippen LogP contribution in [0.15, 0.2) is 97.2 Å². The van der Waals surface area contributed by atoms with E-state index in [1.165, 1.54) is 12.1 Å². The van der Waals surface area contributed by atoms with Crippen LogP contribution in [0.2, 0.25) is 0 Å². The zero-order chi connectivity index (χ0) is 27.7. The van der Waals surface area contributed by atoms with E-state index < -0.39 is 12.1 Å². The molecular formula is C30H27F3N2O4. The van der Waals surface area contributed by atoms with Gasteiger partial charge >= 0.3 is 6.36 Å². The fraction of sp³-hybridized carbons (Fsp3) is 0.200. The van der Waals surface area contributed by atoms with E-state index in [9.17, 15) is 18.0 Å². The van der Waals surface area contributed by atoms with E-state index in [0.29, 0.717) is 31.1 Å². The number of halogens is 3. The summed E-state index contributed by atoms with van der Waals surface area (Å²) in [5, 5.41) is 0. The van der Waals surface area contributed by atoms with Crippen LogP contribution >= 0.6 is 0 Å². The lowest BCUT2D eigenvalue weighted by atomic mass is 10.1. The van der Waals surface area contributed by atoms with E-state index >= 15 is 0 Å². The molecule has 202 valence electrons. The average Bonchev–Trinajstić information content (AvgIpc) is 2.94. The van der Waals surface area contributed by atoms with E-state index in [0.717, 1.165) is 29.0 Å². The fourth-order valence-corrected chi connectivity index (χ4v) is 3.91. The number of benzene rings is 3. The maximum absolute atomic E-state index is 13.4. The fourth-order valence-electron chi connectivity index (χ4n) is 3.91. The molecule has 0 aliphatic heterocycles. The molecule has 0 spiro atoms. The Morgan fingerprint density at radius 1 is 0.872 bits per heavy atom. The summed E-state index contributed by atoms with van der Waals surface area (Å²) < 4.78 is 53.0. The van der Waals surface area contributed by atoms with Gasteiger partial charge in [0.05, 0.1) is 7.11 Å². The molecular weight excluding hydrogens is 509 g/mol. The van der Waals surface area contributed by atoms with Crippen LogP contribution in [0.4, 0.5) is 13.2 Å². The Balaban J connectivity index is 1.51. The Kier molecular flexibility index (Phi) is 9.04. The van der Waals surface area contributed by atoms with Crippen LogP contribution < -0.4 is 14.2 Å². The molecule has 0 saturated heterocycles. The minimum absolute atomic E-state index is 0.236. The topological polar surface area (TPSA) is 60.9 Å². The molecule has 0 unspecified atom stereocenters. The number of pyridine rings is 1. The molecule has 4 rings (SSSR count). The third-order valence-electron chi connectivity index (χ3n) is 5.82. The highest BCUT2D eigenvalue weighted by Gasteiger charge is 2.31. The minimum atomic E-state index is -4.81. The van der Waals surface area contributed by atoms with Gasteiger partial charge in [-0.2, -0.15) is 0 Å². The van der Waals surface area contributed by atoms with Crippen molar-refractivity contribution >= 4 is 5.91 Å². The van der Waals surface area contributed by atoms with Crippen molar-refractivity contribution in [3.8, 4) is 17.2 Å². The van der Waals surface area contributed by atoms with Crippen molar-refractivity contribution in [1.29, 1.82) is 0 Å². The SMILES string of the molecule is COc1cc(CN(CCc2ccccn2)C(=O)c2ccc(OC(F)(F)F)cc2)ccc1OCc1ccccc1. The van der Waals surface area contributed by atoms with Crippen LogP contribution in [-0.2, 0) is 19.6 Å². The van der Waals surface area contributed by atoms with Crippen LogP contribution in [0.5, 0.6) is 17.2 Å². The Morgan fingerprint density at radius 3 is 2.28 bits per heavy atom. The number of nitrogens with zero attached hydrogens (tertiary/aromatic N) is 2. The first-order valence-corrected chi connectivity index (χ1v) is 12.2. The highest BCUT2D eigenvalue weighted by atomic mass is 19.4. The van der Waals surface area contributed by atoms with Gasteiger partial charge in [0, 0.05) is 37.0 Å². The van der Waals surface area contributed by atoms with Gasteiger partial charge in [-0.05, 0) is 59.7 Å². The second kappa shape index (κ2) is 12.8. The summed E-state index contributed by atoms with van der Waals surface area (Å²) in [5.41, 5.74) is 2.86. The second-order valence-electron chi connectivity index (χ2n) is 8.63. The monoisotopic (exact) mass is 536 g/mol. The van der Waals surface area contributed by atoms with Gasteiger partial charge in [0.15, 0.2) is 11.5 Å². The molecule has 0 radical (unpaired) electrons. The van der Waals surface area contributed by atoms with Gasteiger partial charge in [0.25, 0.3) is 5.91 Å². The van der Waals surface area contributed by atoms with Crippen molar-refractivity contribution in [3.05, 3.63) is 120 Å². The summed E-state index contributed by atoms with van der Waals surface area (Å²) >= 11 is 0. The first-order valence-electron chi connectivity index (χ1n) is 12.2. The summed E-state index contributed by atoms with van der Waals surface area (Å²) in [5.74, 6) is 0.355. The first kappa shape index (κ1) is 27.5. The molecule has 0 atom stereocenters. The Morgan fingerprint density at radius 2 is 1.62 bits per heavy atom. The summed E-state index contributed by atoms with van der Waals surface area (Å²) in [6.45, 7) is 0.951. The molecule has 1 aromatic heterocycles. The number of hydrogen-bond acceptors (Lipinski definition) is 5. The third kappa shape index (κ3) is 8.23. The zero-order valence-corrected chi connectivity index (χ0v) is 21.2. The highest BCUT2D eigenvalue weighted by molar-refractivity contribution is 5.94. The van der Waals surface area contributed by atoms with Crippen LogP contribution in [0.3, 0.4) is 0 Å². The number of ether oxygens (including phenoxy) is 3. The van der Waals surface area contributed by atoms with E-state index in [4.69, 9.17) is 9.47 Å². The molecule has 1 amide bonds. The van der Waals surface area contributed by atoms with Crippen molar-refractivity contribution in [2.24, 2.45) is 0 Å². The van der Waals surface area contributed by atoms with Gasteiger partial charge in [0.1, 0.15) is 12.4 Å². The summed E-state index contributed by atoms with van der Waals surface area (Å²) in [4.78, 5) is 19.4. The summed E-state index contributed by atoms with van der Waals surface area (Å²) in [6, 6.07) is 25.6. The Hall–Kier alpha value is -4.53. The summed E-state index contributed by atoms with van der Waals surface area (Å²) in [6.07, 6.45) is -2.63. The molecule has 0 aliphatic rings. The van der Waals surface area contributed by atoms with Crippen LogP contribution in [-0.4, -0.2) is 35.8 Å². The number of hydrogen-bond donors (Lipinski definition) is 0. The molecule has 6 nitrogen and oxygen atoms in total. The average molecular weight is 537 g/mol. The standard InChI is InChI=1S/C30H27F3N2O4/c1-37-28-19-23(10-15-27(28)38-21-22-7-3-2-4-8-22)20-35(18-16-25-9-5-6-17-34-25)29(36)24-11-13-26(14-12-24)39-30(31,32)33/h2-15,17,19H,16,18,20-21H2,1H3. The predicted molar refractivity (Wildman–Crippen MR) is 140 cm³/mol. The molecule has 0 saturated carbocycles. The van der Waals surface area contributed by atoms with E-state index in [-0.39, 0.29) is 18.0 Å². The number of carbonyl (C=O) groups excluding carboxylic acids is 1. The maximum atomic E-state index is 13.4. The molecule has 3 aromatic carbocycles. The van der Waals surface area contributed by atoms with Gasteiger partial charge in [0.2, 0.25) is 0 Å². The maximum Gasteiger partial charge on any atom is 0.573 e. The van der Waals surface area contributed by atoms with Gasteiger partial charge in [-0.15, -0.1) is 13.2 Å². The molecule has 1 heterocycles. The van der Waals surface area contributed by atoms with Gasteiger partial charge in [-0.3, -0.25) is 9.78 Å². The van der Waals surface area contributed by atoms with Crippen molar-refractivity contribution in [3.63, 3.8) is 0 Å². The normalized spacial score (nSPS) is 11.1. The number of alkyl halides is 3. The molecule has 39 heavy (non-hydrogen) atoms. The van der Waals surface area contributed by atoms with Crippen molar-refractivity contribution in [1.82, 2.24) is 9.88 Å². The lowest BCUT2D eigenvalue weighted by Gasteiger charge is -2.24. The highest BCUT2D eigenvalue weighted by Crippen LogP contribution is 2.30. The van der Waals surface area contributed by atoms with Gasteiger partial charge in [-0.1, -0.05) is 42.5 Å². The molecule has 4 aromatic rings.